The Balaban J connectivity index is 0.000000224. The molecule has 0 aliphatic carbocycles. The van der Waals surface area contributed by atoms with E-state index in [0.29, 0.717) is 17.8 Å². The highest BCUT2D eigenvalue weighted by Crippen LogP contribution is 2.16. The minimum atomic E-state index is 0.534. The molecule has 0 amide bonds. The Hall–Kier alpha value is -1.64. The zero-order valence-electron chi connectivity index (χ0n) is 15.2. The lowest BCUT2D eigenvalue weighted by atomic mass is 10.0. The molecule has 122 valence electrons. The molecule has 0 fully saturated rings. The molecule has 2 heterocycles. The average Bonchev–Trinajstić information content (AvgIpc) is 2.97. The van der Waals surface area contributed by atoms with Gasteiger partial charge in [-0.3, -0.25) is 9.67 Å². The van der Waals surface area contributed by atoms with Crippen molar-refractivity contribution in [3.8, 4) is 0 Å². The number of aryl methyl sites for hydroxylation is 1. The molecular formula is C19H31N3. The van der Waals surface area contributed by atoms with E-state index in [4.69, 9.17) is 0 Å². The summed E-state index contributed by atoms with van der Waals surface area (Å²) in [5.74, 6) is 1.71. The van der Waals surface area contributed by atoms with Crippen LogP contribution in [0.25, 0.3) is 0 Å². The number of nitrogens with zero attached hydrogens (tertiary/aromatic N) is 3. The van der Waals surface area contributed by atoms with Crippen LogP contribution in [0.4, 0.5) is 0 Å². The van der Waals surface area contributed by atoms with Crippen LogP contribution in [-0.4, -0.2) is 14.8 Å². The number of hydrogen-bond donors (Lipinski definition) is 0. The topological polar surface area (TPSA) is 30.7 Å². The summed E-state index contributed by atoms with van der Waals surface area (Å²) in [4.78, 5) is 4.40. The van der Waals surface area contributed by atoms with Gasteiger partial charge in [-0.2, -0.15) is 5.10 Å². The van der Waals surface area contributed by atoms with Crippen LogP contribution in [0.15, 0.2) is 30.7 Å². The zero-order chi connectivity index (χ0) is 16.7. The summed E-state index contributed by atoms with van der Waals surface area (Å²) in [5, 5.41) is 4.17. The summed E-state index contributed by atoms with van der Waals surface area (Å²) < 4.78 is 1.95. The van der Waals surface area contributed by atoms with Crippen LogP contribution in [0.1, 0.15) is 83.0 Å². The molecule has 0 saturated carbocycles. The predicted octanol–water partition coefficient (Wildman–Crippen LogP) is 5.35. The first-order chi connectivity index (χ1) is 10.3. The number of rotatable bonds is 4. The fourth-order valence-corrected chi connectivity index (χ4v) is 1.95. The Labute approximate surface area is 135 Å². The summed E-state index contributed by atoms with van der Waals surface area (Å²) >= 11 is 0. The quantitative estimate of drug-likeness (QED) is 0.761. The van der Waals surface area contributed by atoms with Crippen LogP contribution >= 0.6 is 0 Å². The van der Waals surface area contributed by atoms with Gasteiger partial charge in [-0.1, -0.05) is 47.6 Å². The van der Waals surface area contributed by atoms with Gasteiger partial charge < -0.3 is 0 Å². The number of hydrogen-bond acceptors (Lipinski definition) is 2. The van der Waals surface area contributed by atoms with E-state index < -0.39 is 0 Å². The molecule has 0 atom stereocenters. The molecule has 2 aromatic heterocycles. The van der Waals surface area contributed by atoms with Crippen LogP contribution in [0.5, 0.6) is 0 Å². The first-order valence-electron chi connectivity index (χ1n) is 8.33. The van der Waals surface area contributed by atoms with Gasteiger partial charge in [0.05, 0.1) is 6.20 Å². The van der Waals surface area contributed by atoms with Crippen molar-refractivity contribution < 1.29 is 0 Å². The Kier molecular flexibility index (Phi) is 7.30. The van der Waals surface area contributed by atoms with Crippen molar-refractivity contribution in [2.75, 3.05) is 0 Å². The molecule has 2 rings (SSSR count). The summed E-state index contributed by atoms with van der Waals surface area (Å²) in [6.07, 6.45) is 6.03. The van der Waals surface area contributed by atoms with Crippen molar-refractivity contribution in [2.45, 2.75) is 72.8 Å². The molecule has 0 aliphatic heterocycles. The highest BCUT2D eigenvalue weighted by atomic mass is 15.3. The van der Waals surface area contributed by atoms with Gasteiger partial charge in [0.2, 0.25) is 0 Å². The van der Waals surface area contributed by atoms with Crippen molar-refractivity contribution in [3.63, 3.8) is 0 Å². The third-order valence-electron chi connectivity index (χ3n) is 3.71. The molecule has 3 nitrogen and oxygen atoms in total. The second kappa shape index (κ2) is 8.72. The standard InChI is InChI=1S/C11H17N.C8H14N2/c1-8(2)10-5-6-11(9(3)4)12-7-10;1-4-10-6-8(5-9-10)7(2)3/h5-9H,1-4H3;5-7H,4H2,1-3H3. The maximum Gasteiger partial charge on any atom is 0.0524 e. The Morgan fingerprint density at radius 2 is 1.50 bits per heavy atom. The van der Waals surface area contributed by atoms with Crippen LogP contribution < -0.4 is 0 Å². The summed E-state index contributed by atoms with van der Waals surface area (Å²) in [6.45, 7) is 16.1. The van der Waals surface area contributed by atoms with Crippen molar-refractivity contribution in [1.29, 1.82) is 0 Å². The van der Waals surface area contributed by atoms with Gasteiger partial charge in [0, 0.05) is 24.6 Å². The molecule has 0 bridgehead atoms. The second-order valence-electron chi connectivity index (χ2n) is 6.61. The normalized spacial score (nSPS) is 11.0. The van der Waals surface area contributed by atoms with E-state index in [0.717, 1.165) is 6.54 Å². The smallest absolute Gasteiger partial charge is 0.0524 e. The molecule has 0 saturated heterocycles. The molecule has 22 heavy (non-hydrogen) atoms. The zero-order valence-corrected chi connectivity index (χ0v) is 15.2. The molecule has 0 N–H and O–H groups in total. The lowest BCUT2D eigenvalue weighted by Crippen LogP contribution is -1.94. The fraction of sp³-hybridized carbons (Fsp3) is 0.579. The van der Waals surface area contributed by atoms with E-state index in [9.17, 15) is 0 Å². The SMILES string of the molecule is CC(C)c1ccc(C(C)C)nc1.CCn1cc(C(C)C)cn1. The molecule has 0 aromatic carbocycles. The monoisotopic (exact) mass is 301 g/mol. The van der Waals surface area contributed by atoms with Gasteiger partial charge in [0.15, 0.2) is 0 Å². The molecule has 2 aromatic rings. The highest BCUT2D eigenvalue weighted by Gasteiger charge is 2.02. The first-order valence-corrected chi connectivity index (χ1v) is 8.33. The van der Waals surface area contributed by atoms with Crippen LogP contribution in [0, 0.1) is 0 Å². The summed E-state index contributed by atoms with van der Waals surface area (Å²) in [7, 11) is 0. The lowest BCUT2D eigenvalue weighted by Gasteiger charge is -2.07. The second-order valence-corrected chi connectivity index (χ2v) is 6.61. The molecular weight excluding hydrogens is 270 g/mol. The Bertz CT molecular complexity index is 509. The number of aromatic nitrogens is 3. The van der Waals surface area contributed by atoms with Gasteiger partial charge in [-0.25, -0.2) is 0 Å². The van der Waals surface area contributed by atoms with Crippen molar-refractivity contribution in [3.05, 3.63) is 47.5 Å². The van der Waals surface area contributed by atoms with E-state index in [-0.39, 0.29) is 0 Å². The van der Waals surface area contributed by atoms with E-state index in [1.165, 1.54) is 16.8 Å². The predicted molar refractivity (Wildman–Crippen MR) is 94.4 cm³/mol. The van der Waals surface area contributed by atoms with E-state index in [2.05, 4.69) is 76.9 Å². The van der Waals surface area contributed by atoms with Gasteiger partial charge in [-0.05, 0) is 41.9 Å². The molecule has 0 unspecified atom stereocenters. The summed E-state index contributed by atoms with van der Waals surface area (Å²) in [6, 6.07) is 4.30. The Morgan fingerprint density at radius 1 is 0.864 bits per heavy atom. The summed E-state index contributed by atoms with van der Waals surface area (Å²) in [5.41, 5.74) is 3.82. The van der Waals surface area contributed by atoms with E-state index >= 15 is 0 Å². The molecule has 0 spiro atoms. The molecule has 0 aliphatic rings. The van der Waals surface area contributed by atoms with Crippen molar-refractivity contribution in [2.24, 2.45) is 0 Å². The maximum absolute atomic E-state index is 4.40. The van der Waals surface area contributed by atoms with Gasteiger partial charge in [-0.15, -0.1) is 0 Å². The third-order valence-corrected chi connectivity index (χ3v) is 3.71. The number of pyridine rings is 1. The highest BCUT2D eigenvalue weighted by molar-refractivity contribution is 5.18. The van der Waals surface area contributed by atoms with Crippen LogP contribution in [0.2, 0.25) is 0 Å². The maximum atomic E-state index is 4.40. The largest absolute Gasteiger partial charge is 0.273 e. The van der Waals surface area contributed by atoms with Crippen molar-refractivity contribution >= 4 is 0 Å². The Morgan fingerprint density at radius 3 is 1.82 bits per heavy atom. The van der Waals surface area contributed by atoms with Crippen LogP contribution in [0.3, 0.4) is 0 Å². The van der Waals surface area contributed by atoms with Gasteiger partial charge in [0.1, 0.15) is 0 Å². The average molecular weight is 301 g/mol. The van der Waals surface area contributed by atoms with E-state index in [1.54, 1.807) is 0 Å². The fourth-order valence-electron chi connectivity index (χ4n) is 1.95. The lowest BCUT2D eigenvalue weighted by molar-refractivity contribution is 0.658. The van der Waals surface area contributed by atoms with Gasteiger partial charge >= 0.3 is 0 Å². The minimum Gasteiger partial charge on any atom is -0.273 e. The van der Waals surface area contributed by atoms with Gasteiger partial charge in [0.25, 0.3) is 0 Å². The third kappa shape index (κ3) is 5.63. The van der Waals surface area contributed by atoms with Crippen molar-refractivity contribution in [1.82, 2.24) is 14.8 Å². The van der Waals surface area contributed by atoms with E-state index in [1.807, 2.05) is 17.1 Å². The molecule has 0 radical (unpaired) electrons. The first kappa shape index (κ1) is 18.4. The van der Waals surface area contributed by atoms with Crippen LogP contribution in [-0.2, 0) is 6.54 Å². The minimum absolute atomic E-state index is 0.534. The molecule has 3 heteroatoms.